The van der Waals surface area contributed by atoms with Crippen molar-refractivity contribution in [2.45, 2.75) is 19.9 Å². The maximum atomic E-state index is 12.3. The minimum Gasteiger partial charge on any atom is -0.506 e. The third-order valence-electron chi connectivity index (χ3n) is 4.36. The zero-order valence-corrected chi connectivity index (χ0v) is 15.6. The summed E-state index contributed by atoms with van der Waals surface area (Å²) in [7, 11) is 1.56. The number of carbonyl (C=O) groups is 1. The Hall–Kier alpha value is -2.99. The van der Waals surface area contributed by atoms with Crippen LogP contribution < -0.4 is 15.7 Å². The fourth-order valence-corrected chi connectivity index (χ4v) is 3.03. The van der Waals surface area contributed by atoms with Crippen LogP contribution in [0.5, 0.6) is 11.5 Å². The van der Waals surface area contributed by atoms with Crippen LogP contribution in [0.15, 0.2) is 45.6 Å². The van der Waals surface area contributed by atoms with Crippen molar-refractivity contribution in [1.29, 1.82) is 0 Å². The first-order chi connectivity index (χ1) is 12.9. The summed E-state index contributed by atoms with van der Waals surface area (Å²) in [4.78, 5) is 24.6. The Labute approximate surface area is 160 Å². The van der Waals surface area contributed by atoms with E-state index in [-0.39, 0.29) is 40.8 Å². The second-order valence-electron chi connectivity index (χ2n) is 6.06. The van der Waals surface area contributed by atoms with Crippen molar-refractivity contribution in [3.05, 3.63) is 68.5 Å². The van der Waals surface area contributed by atoms with Gasteiger partial charge in [-0.05, 0) is 24.6 Å². The Morgan fingerprint density at radius 1 is 1.30 bits per heavy atom. The van der Waals surface area contributed by atoms with Gasteiger partial charge in [0.15, 0.2) is 0 Å². The quantitative estimate of drug-likeness (QED) is 0.655. The summed E-state index contributed by atoms with van der Waals surface area (Å²) < 4.78 is 10.5. The maximum absolute atomic E-state index is 12.3. The number of amides is 1. The van der Waals surface area contributed by atoms with Crippen LogP contribution in [0.1, 0.15) is 16.7 Å². The van der Waals surface area contributed by atoms with Crippen LogP contribution >= 0.6 is 11.6 Å². The fourth-order valence-electron chi connectivity index (χ4n) is 2.87. The molecule has 1 aromatic heterocycles. The number of aromatic hydroxyl groups is 1. The lowest BCUT2D eigenvalue weighted by molar-refractivity contribution is -0.120. The van der Waals surface area contributed by atoms with E-state index in [1.54, 1.807) is 14.0 Å². The number of carbonyl (C=O) groups excluding carboxylic acids is 1. The van der Waals surface area contributed by atoms with Crippen molar-refractivity contribution in [1.82, 2.24) is 5.32 Å². The molecule has 27 heavy (non-hydrogen) atoms. The van der Waals surface area contributed by atoms with Crippen LogP contribution in [0.25, 0.3) is 11.0 Å². The van der Waals surface area contributed by atoms with Gasteiger partial charge in [-0.3, -0.25) is 4.79 Å². The molecule has 1 amide bonds. The van der Waals surface area contributed by atoms with Gasteiger partial charge >= 0.3 is 5.63 Å². The summed E-state index contributed by atoms with van der Waals surface area (Å²) in [5.74, 6) is 0.184. The van der Waals surface area contributed by atoms with Crippen molar-refractivity contribution in [3.63, 3.8) is 0 Å². The lowest BCUT2D eigenvalue weighted by atomic mass is 10.0. The Balaban J connectivity index is 1.82. The van der Waals surface area contributed by atoms with E-state index in [2.05, 4.69) is 5.32 Å². The zero-order valence-electron chi connectivity index (χ0n) is 14.8. The van der Waals surface area contributed by atoms with Gasteiger partial charge in [0.1, 0.15) is 17.1 Å². The first-order valence-electron chi connectivity index (χ1n) is 8.24. The molecule has 0 saturated heterocycles. The summed E-state index contributed by atoms with van der Waals surface area (Å²) in [6.07, 6.45) is -0.127. The van der Waals surface area contributed by atoms with E-state index >= 15 is 0 Å². The van der Waals surface area contributed by atoms with Gasteiger partial charge in [0.25, 0.3) is 0 Å². The van der Waals surface area contributed by atoms with Gasteiger partial charge in [-0.25, -0.2) is 4.79 Å². The predicted molar refractivity (Wildman–Crippen MR) is 102 cm³/mol. The summed E-state index contributed by atoms with van der Waals surface area (Å²) >= 11 is 5.94. The first-order valence-corrected chi connectivity index (χ1v) is 8.62. The second-order valence-corrected chi connectivity index (χ2v) is 6.47. The van der Waals surface area contributed by atoms with E-state index in [1.807, 2.05) is 24.3 Å². The second kappa shape index (κ2) is 7.72. The number of hydrogen-bond acceptors (Lipinski definition) is 5. The maximum Gasteiger partial charge on any atom is 0.340 e. The molecular weight excluding hydrogens is 370 g/mol. The number of para-hydroxylation sites is 1. The number of rotatable bonds is 5. The molecule has 0 aliphatic rings. The molecule has 0 fully saturated rings. The number of hydrogen-bond donors (Lipinski definition) is 2. The number of fused-ring (bicyclic) bond motifs is 1. The minimum absolute atomic E-state index is 0.127. The largest absolute Gasteiger partial charge is 0.506 e. The normalized spacial score (nSPS) is 10.8. The van der Waals surface area contributed by atoms with Gasteiger partial charge in [0.2, 0.25) is 5.91 Å². The van der Waals surface area contributed by atoms with Gasteiger partial charge in [-0.1, -0.05) is 29.8 Å². The molecule has 6 nitrogen and oxygen atoms in total. The monoisotopic (exact) mass is 387 g/mol. The van der Waals surface area contributed by atoms with Crippen molar-refractivity contribution in [2.75, 3.05) is 7.11 Å². The zero-order chi connectivity index (χ0) is 19.6. The van der Waals surface area contributed by atoms with E-state index in [1.165, 1.54) is 12.1 Å². The third-order valence-corrected chi connectivity index (χ3v) is 4.66. The Kier molecular flexibility index (Phi) is 5.37. The topological polar surface area (TPSA) is 88.8 Å². The molecule has 2 aromatic carbocycles. The van der Waals surface area contributed by atoms with Crippen molar-refractivity contribution in [2.24, 2.45) is 0 Å². The lowest BCUT2D eigenvalue weighted by Crippen LogP contribution is -2.27. The number of phenolic OH excluding ortho intramolecular Hbond substituents is 1. The molecular formula is C20H18ClNO5. The van der Waals surface area contributed by atoms with Crippen molar-refractivity contribution in [3.8, 4) is 11.5 Å². The number of aryl methyl sites for hydroxylation is 1. The van der Waals surface area contributed by atoms with Crippen LogP contribution in [0.3, 0.4) is 0 Å². The molecule has 3 aromatic rings. The first kappa shape index (κ1) is 18.8. The summed E-state index contributed by atoms with van der Waals surface area (Å²) in [5, 5.41) is 13.2. The van der Waals surface area contributed by atoms with Crippen molar-refractivity contribution < 1.29 is 19.1 Å². The SMILES string of the molecule is COc1ccccc1CNC(=O)Cc1c(C)c2cc(Cl)c(O)cc2oc1=O. The third kappa shape index (κ3) is 3.90. The van der Waals surface area contributed by atoms with E-state index in [9.17, 15) is 14.7 Å². The molecule has 0 aliphatic carbocycles. The van der Waals surface area contributed by atoms with Gasteiger partial charge < -0.3 is 19.6 Å². The lowest BCUT2D eigenvalue weighted by Gasteiger charge is -2.11. The molecule has 1 heterocycles. The van der Waals surface area contributed by atoms with Crippen LogP contribution in [0.2, 0.25) is 5.02 Å². The van der Waals surface area contributed by atoms with Gasteiger partial charge in [-0.15, -0.1) is 0 Å². The Bertz CT molecular complexity index is 1070. The number of halogens is 1. The molecule has 3 rings (SSSR count). The number of ether oxygens (including phenoxy) is 1. The highest BCUT2D eigenvalue weighted by atomic mass is 35.5. The smallest absolute Gasteiger partial charge is 0.340 e. The van der Waals surface area contributed by atoms with E-state index < -0.39 is 5.63 Å². The minimum atomic E-state index is -0.617. The fraction of sp³-hybridized carbons (Fsp3) is 0.200. The van der Waals surface area contributed by atoms with Crippen LogP contribution in [-0.2, 0) is 17.8 Å². The van der Waals surface area contributed by atoms with Crippen molar-refractivity contribution >= 4 is 28.5 Å². The standard InChI is InChI=1S/C20H18ClNO5/c1-11-13-7-15(21)16(23)9-18(13)27-20(25)14(11)8-19(24)22-10-12-5-3-4-6-17(12)26-2/h3-7,9,23H,8,10H2,1-2H3,(H,22,24). The molecule has 0 saturated carbocycles. The average Bonchev–Trinajstić information content (AvgIpc) is 2.65. The van der Waals surface area contributed by atoms with Gasteiger partial charge in [0.05, 0.1) is 24.1 Å². The average molecular weight is 388 g/mol. The molecule has 0 spiro atoms. The van der Waals surface area contributed by atoms with Crippen LogP contribution in [-0.4, -0.2) is 18.1 Å². The number of benzene rings is 2. The molecule has 0 bridgehead atoms. The molecule has 140 valence electrons. The highest BCUT2D eigenvalue weighted by Crippen LogP contribution is 2.30. The predicted octanol–water partition coefficient (Wildman–Crippen LogP) is 3.33. The molecule has 7 heteroatoms. The van der Waals surface area contributed by atoms with Gasteiger partial charge in [-0.2, -0.15) is 0 Å². The highest BCUT2D eigenvalue weighted by molar-refractivity contribution is 6.32. The molecule has 0 unspecified atom stereocenters. The van der Waals surface area contributed by atoms with Gasteiger partial charge in [0, 0.05) is 23.6 Å². The molecule has 0 radical (unpaired) electrons. The summed E-state index contributed by atoms with van der Waals surface area (Å²) in [6.45, 7) is 2.00. The molecule has 0 aliphatic heterocycles. The highest BCUT2D eigenvalue weighted by Gasteiger charge is 2.16. The van der Waals surface area contributed by atoms with Crippen LogP contribution in [0.4, 0.5) is 0 Å². The molecule has 0 atom stereocenters. The van der Waals surface area contributed by atoms with Crippen LogP contribution in [0, 0.1) is 6.92 Å². The number of methoxy groups -OCH3 is 1. The number of phenols is 1. The number of nitrogens with one attached hydrogen (secondary N) is 1. The summed E-state index contributed by atoms with van der Waals surface area (Å²) in [6, 6.07) is 10.2. The van der Waals surface area contributed by atoms with E-state index in [0.29, 0.717) is 16.7 Å². The Morgan fingerprint density at radius 3 is 2.78 bits per heavy atom. The van der Waals surface area contributed by atoms with E-state index in [0.717, 1.165) is 5.56 Å². The van der Waals surface area contributed by atoms with E-state index in [4.69, 9.17) is 20.8 Å². The summed E-state index contributed by atoms with van der Waals surface area (Å²) in [5.41, 5.74) is 1.28. The Morgan fingerprint density at radius 2 is 2.04 bits per heavy atom. The molecule has 2 N–H and O–H groups in total.